The molecule has 1 aliphatic rings. The van der Waals surface area contributed by atoms with Crippen LogP contribution in [-0.2, 0) is 11.2 Å². The van der Waals surface area contributed by atoms with Gasteiger partial charge in [0.25, 0.3) is 0 Å². The predicted molar refractivity (Wildman–Crippen MR) is 128 cm³/mol. The molecule has 0 amide bonds. The van der Waals surface area contributed by atoms with E-state index in [0.717, 1.165) is 18.8 Å². The van der Waals surface area contributed by atoms with E-state index < -0.39 is 5.97 Å². The van der Waals surface area contributed by atoms with Crippen LogP contribution in [0.2, 0.25) is 0 Å². The van der Waals surface area contributed by atoms with Crippen LogP contribution >= 0.6 is 0 Å². The molecule has 0 saturated heterocycles. The van der Waals surface area contributed by atoms with Crippen molar-refractivity contribution >= 4 is 5.97 Å². The number of aliphatic carboxylic acids is 1. The van der Waals surface area contributed by atoms with Gasteiger partial charge in [0.1, 0.15) is 0 Å². The molecular weight excluding hydrogens is 368 g/mol. The second-order valence-corrected chi connectivity index (χ2v) is 9.16. The fourth-order valence-electron chi connectivity index (χ4n) is 4.82. The fraction of sp³-hybridized carbons (Fsp3) is 0.679. The number of carboxylic acid groups (broad SMARTS) is 1. The van der Waals surface area contributed by atoms with Gasteiger partial charge in [-0.2, -0.15) is 0 Å². The van der Waals surface area contributed by atoms with Gasteiger partial charge in [0.2, 0.25) is 0 Å². The number of carboxylic acids is 1. The maximum Gasteiger partial charge on any atom is 0.303 e. The lowest BCUT2D eigenvalue weighted by Crippen LogP contribution is -2.09. The first kappa shape index (κ1) is 24.7. The van der Waals surface area contributed by atoms with Crippen molar-refractivity contribution in [3.8, 4) is 0 Å². The molecule has 168 valence electrons. The molecule has 1 aliphatic carbocycles. The third-order valence-corrected chi connectivity index (χ3v) is 6.60. The van der Waals surface area contributed by atoms with E-state index in [1.54, 1.807) is 11.1 Å². The monoisotopic (exact) mass is 412 g/mol. The Morgan fingerprint density at radius 3 is 2.13 bits per heavy atom. The summed E-state index contributed by atoms with van der Waals surface area (Å²) in [7, 11) is 0. The maximum atomic E-state index is 10.4. The van der Waals surface area contributed by atoms with E-state index in [0.29, 0.717) is 6.42 Å². The number of hydrogen-bond donors (Lipinski definition) is 1. The second-order valence-electron chi connectivity index (χ2n) is 9.16. The Morgan fingerprint density at radius 2 is 1.43 bits per heavy atom. The molecule has 1 aromatic rings. The van der Waals surface area contributed by atoms with Gasteiger partial charge in [0, 0.05) is 6.42 Å². The van der Waals surface area contributed by atoms with Gasteiger partial charge >= 0.3 is 5.97 Å². The smallest absolute Gasteiger partial charge is 0.303 e. The summed E-state index contributed by atoms with van der Waals surface area (Å²) in [6, 6.07) is 9.12. The van der Waals surface area contributed by atoms with Gasteiger partial charge in [0.05, 0.1) is 0 Å². The normalized spacial score (nSPS) is 16.1. The van der Waals surface area contributed by atoms with E-state index in [1.165, 1.54) is 96.3 Å². The van der Waals surface area contributed by atoms with Crippen LogP contribution in [0.1, 0.15) is 126 Å². The number of unbranched alkanes of at least 4 members (excludes halogenated alkanes) is 11. The molecule has 0 aliphatic heterocycles. The van der Waals surface area contributed by atoms with Crippen LogP contribution in [0.25, 0.3) is 0 Å². The SMILES string of the molecule is O=C(O)CCCCCCCC=CCCCCCCCCC1CCCc2ccccc21. The summed E-state index contributed by atoms with van der Waals surface area (Å²) >= 11 is 0. The van der Waals surface area contributed by atoms with Gasteiger partial charge < -0.3 is 5.11 Å². The summed E-state index contributed by atoms with van der Waals surface area (Å²) in [5, 5.41) is 8.60. The van der Waals surface area contributed by atoms with E-state index in [-0.39, 0.29) is 0 Å². The third kappa shape index (κ3) is 11.0. The highest BCUT2D eigenvalue weighted by Gasteiger charge is 2.18. The molecule has 0 fully saturated rings. The average Bonchev–Trinajstić information content (AvgIpc) is 2.75. The zero-order valence-electron chi connectivity index (χ0n) is 19.1. The van der Waals surface area contributed by atoms with Crippen LogP contribution in [-0.4, -0.2) is 11.1 Å². The molecule has 2 rings (SSSR count). The average molecular weight is 413 g/mol. The van der Waals surface area contributed by atoms with Crippen LogP contribution in [0.15, 0.2) is 36.4 Å². The largest absolute Gasteiger partial charge is 0.481 e. The van der Waals surface area contributed by atoms with Crippen molar-refractivity contribution in [1.82, 2.24) is 0 Å². The van der Waals surface area contributed by atoms with Crippen molar-refractivity contribution in [1.29, 1.82) is 0 Å². The number of aryl methyl sites for hydroxylation is 1. The standard InChI is InChI=1S/C28H44O2/c29-28(30)24-15-13-11-9-7-5-3-1-2-4-6-8-10-12-14-19-25-21-18-22-26-20-16-17-23-27(25)26/h1,3,16-17,20,23,25H,2,4-15,18-19,21-22,24H2,(H,29,30). The van der Waals surface area contributed by atoms with E-state index in [2.05, 4.69) is 36.4 Å². The highest BCUT2D eigenvalue weighted by molar-refractivity contribution is 5.66. The Hall–Kier alpha value is -1.57. The summed E-state index contributed by atoms with van der Waals surface area (Å²) in [5.41, 5.74) is 3.26. The van der Waals surface area contributed by atoms with Gasteiger partial charge in [-0.05, 0) is 74.8 Å². The fourth-order valence-corrected chi connectivity index (χ4v) is 4.82. The van der Waals surface area contributed by atoms with Crippen LogP contribution in [0.3, 0.4) is 0 Å². The van der Waals surface area contributed by atoms with Crippen molar-refractivity contribution < 1.29 is 9.90 Å². The predicted octanol–water partition coefficient (Wildman–Crippen LogP) is 8.60. The molecule has 1 N–H and O–H groups in total. The molecule has 0 bridgehead atoms. The van der Waals surface area contributed by atoms with E-state index in [4.69, 9.17) is 5.11 Å². The maximum absolute atomic E-state index is 10.4. The van der Waals surface area contributed by atoms with Crippen LogP contribution < -0.4 is 0 Å². The van der Waals surface area contributed by atoms with Crippen molar-refractivity contribution in [2.24, 2.45) is 0 Å². The van der Waals surface area contributed by atoms with Crippen LogP contribution in [0, 0.1) is 0 Å². The van der Waals surface area contributed by atoms with Crippen molar-refractivity contribution in [2.45, 2.75) is 121 Å². The van der Waals surface area contributed by atoms with Crippen LogP contribution in [0.5, 0.6) is 0 Å². The van der Waals surface area contributed by atoms with Crippen molar-refractivity contribution in [3.63, 3.8) is 0 Å². The number of rotatable bonds is 17. The lowest BCUT2D eigenvalue weighted by atomic mass is 9.80. The second kappa shape index (κ2) is 16.2. The van der Waals surface area contributed by atoms with Gasteiger partial charge in [-0.15, -0.1) is 0 Å². The van der Waals surface area contributed by atoms with Gasteiger partial charge in [-0.25, -0.2) is 0 Å². The first-order chi connectivity index (χ1) is 14.8. The number of hydrogen-bond acceptors (Lipinski definition) is 1. The zero-order chi connectivity index (χ0) is 21.3. The quantitative estimate of drug-likeness (QED) is 0.205. The summed E-state index contributed by atoms with van der Waals surface area (Å²) in [4.78, 5) is 10.4. The Bertz CT molecular complexity index is 604. The molecule has 30 heavy (non-hydrogen) atoms. The van der Waals surface area contributed by atoms with Crippen LogP contribution in [0.4, 0.5) is 0 Å². The Kier molecular flexibility index (Phi) is 13.3. The summed E-state index contributed by atoms with van der Waals surface area (Å²) < 4.78 is 0. The molecule has 0 radical (unpaired) electrons. The first-order valence-electron chi connectivity index (χ1n) is 12.7. The summed E-state index contributed by atoms with van der Waals surface area (Å²) in [6.07, 6.45) is 26.8. The van der Waals surface area contributed by atoms with Crippen molar-refractivity contribution in [3.05, 3.63) is 47.5 Å². The lowest BCUT2D eigenvalue weighted by molar-refractivity contribution is -0.137. The Morgan fingerprint density at radius 1 is 0.833 bits per heavy atom. The molecule has 1 unspecified atom stereocenters. The number of allylic oxidation sites excluding steroid dienone is 2. The lowest BCUT2D eigenvalue weighted by Gasteiger charge is -2.25. The molecule has 1 aromatic carbocycles. The number of benzene rings is 1. The minimum atomic E-state index is -0.663. The third-order valence-electron chi connectivity index (χ3n) is 6.60. The minimum absolute atomic E-state index is 0.328. The Labute approximate surface area is 185 Å². The highest BCUT2D eigenvalue weighted by Crippen LogP contribution is 2.35. The zero-order valence-corrected chi connectivity index (χ0v) is 19.1. The minimum Gasteiger partial charge on any atom is -0.481 e. The molecule has 0 spiro atoms. The Balaban J connectivity index is 1.35. The molecule has 0 aromatic heterocycles. The molecule has 2 nitrogen and oxygen atoms in total. The van der Waals surface area contributed by atoms with Crippen molar-refractivity contribution in [2.75, 3.05) is 0 Å². The summed E-state index contributed by atoms with van der Waals surface area (Å²) in [6.45, 7) is 0. The number of carbonyl (C=O) groups is 1. The molecular formula is C28H44O2. The molecule has 2 heteroatoms. The first-order valence-corrected chi connectivity index (χ1v) is 12.7. The topological polar surface area (TPSA) is 37.3 Å². The van der Waals surface area contributed by atoms with E-state index in [1.807, 2.05) is 0 Å². The molecule has 0 saturated carbocycles. The number of fused-ring (bicyclic) bond motifs is 1. The van der Waals surface area contributed by atoms with Gasteiger partial charge in [-0.3, -0.25) is 4.79 Å². The molecule has 1 atom stereocenters. The van der Waals surface area contributed by atoms with E-state index in [9.17, 15) is 4.79 Å². The van der Waals surface area contributed by atoms with E-state index >= 15 is 0 Å². The summed E-state index contributed by atoms with van der Waals surface area (Å²) in [5.74, 6) is 0.161. The van der Waals surface area contributed by atoms with Gasteiger partial charge in [-0.1, -0.05) is 87.8 Å². The highest BCUT2D eigenvalue weighted by atomic mass is 16.4. The van der Waals surface area contributed by atoms with Gasteiger partial charge in [0.15, 0.2) is 0 Å². The molecule has 0 heterocycles.